The third kappa shape index (κ3) is 5.13. The van der Waals surface area contributed by atoms with Crippen LogP contribution in [0.2, 0.25) is 0 Å². The van der Waals surface area contributed by atoms with Crippen LogP contribution in [-0.2, 0) is 0 Å². The fourth-order valence-corrected chi connectivity index (χ4v) is 3.91. The molecule has 0 unspecified atom stereocenters. The molecule has 2 heterocycles. The summed E-state index contributed by atoms with van der Waals surface area (Å²) in [6.07, 6.45) is 3.59. The highest BCUT2D eigenvalue weighted by atomic mass is 16.5. The molecule has 156 valence electrons. The van der Waals surface area contributed by atoms with E-state index in [-0.39, 0.29) is 5.91 Å². The average Bonchev–Trinajstić information content (AvgIpc) is 3.28. The number of rotatable bonds is 7. The molecule has 0 aliphatic carbocycles. The molecule has 1 saturated heterocycles. The second kappa shape index (κ2) is 9.67. The van der Waals surface area contributed by atoms with Crippen molar-refractivity contribution in [2.45, 2.75) is 26.2 Å². The number of piperidine rings is 1. The van der Waals surface area contributed by atoms with Crippen LogP contribution in [0.25, 0.3) is 22.8 Å². The first kappa shape index (κ1) is 20.3. The Labute approximate surface area is 177 Å². The minimum atomic E-state index is -0.0518. The van der Waals surface area contributed by atoms with Crippen LogP contribution < -0.4 is 5.32 Å². The zero-order valence-electron chi connectivity index (χ0n) is 17.4. The molecule has 0 bridgehead atoms. The molecule has 1 aliphatic rings. The summed E-state index contributed by atoms with van der Waals surface area (Å²) in [5, 5.41) is 7.06. The molecule has 2 aromatic carbocycles. The second-order valence-corrected chi connectivity index (χ2v) is 8.02. The molecule has 1 aromatic heterocycles. The van der Waals surface area contributed by atoms with Crippen molar-refractivity contribution in [2.75, 3.05) is 26.2 Å². The Kier molecular flexibility index (Phi) is 6.54. The zero-order chi connectivity index (χ0) is 20.8. The lowest BCUT2D eigenvalue weighted by Crippen LogP contribution is -2.36. The normalized spacial score (nSPS) is 17.0. The quantitative estimate of drug-likeness (QED) is 0.596. The van der Waals surface area contributed by atoms with Crippen LogP contribution in [0.3, 0.4) is 0 Å². The van der Waals surface area contributed by atoms with Crippen molar-refractivity contribution < 1.29 is 9.32 Å². The van der Waals surface area contributed by atoms with Gasteiger partial charge in [-0.2, -0.15) is 4.98 Å². The summed E-state index contributed by atoms with van der Waals surface area (Å²) in [6, 6.07) is 17.0. The van der Waals surface area contributed by atoms with Crippen LogP contribution in [0.15, 0.2) is 59.1 Å². The van der Waals surface area contributed by atoms with Crippen LogP contribution in [0.4, 0.5) is 0 Å². The van der Waals surface area contributed by atoms with Gasteiger partial charge in [-0.15, -0.1) is 0 Å². The number of hydrogen-bond donors (Lipinski definition) is 1. The maximum absolute atomic E-state index is 12.4. The summed E-state index contributed by atoms with van der Waals surface area (Å²) in [5.74, 6) is 1.73. The Balaban J connectivity index is 1.28. The number of hydrogen-bond acceptors (Lipinski definition) is 5. The minimum absolute atomic E-state index is 0.0518. The van der Waals surface area contributed by atoms with Crippen molar-refractivity contribution in [3.8, 4) is 22.8 Å². The van der Waals surface area contributed by atoms with Crippen LogP contribution in [0.5, 0.6) is 0 Å². The zero-order valence-corrected chi connectivity index (χ0v) is 17.4. The molecule has 6 heteroatoms. The molecule has 1 N–H and O–H groups in total. The Bertz CT molecular complexity index is 953. The van der Waals surface area contributed by atoms with E-state index in [1.165, 1.54) is 25.9 Å². The Hall–Kier alpha value is -2.99. The molecule has 6 nitrogen and oxygen atoms in total. The minimum Gasteiger partial charge on any atom is -0.352 e. The Morgan fingerprint density at radius 1 is 1.13 bits per heavy atom. The molecule has 1 aliphatic heterocycles. The van der Waals surface area contributed by atoms with E-state index in [4.69, 9.17) is 4.52 Å². The summed E-state index contributed by atoms with van der Waals surface area (Å²) in [4.78, 5) is 19.4. The van der Waals surface area contributed by atoms with E-state index < -0.39 is 0 Å². The fourth-order valence-electron chi connectivity index (χ4n) is 3.91. The van der Waals surface area contributed by atoms with Crippen LogP contribution >= 0.6 is 0 Å². The topological polar surface area (TPSA) is 71.3 Å². The van der Waals surface area contributed by atoms with Gasteiger partial charge in [0.05, 0.1) is 0 Å². The molecular formula is C24H28N4O2. The maximum Gasteiger partial charge on any atom is 0.258 e. The number of nitrogens with zero attached hydrogens (tertiary/aromatic N) is 3. The lowest BCUT2D eigenvalue weighted by atomic mass is 10.0. The summed E-state index contributed by atoms with van der Waals surface area (Å²) < 4.78 is 5.38. The predicted molar refractivity (Wildman–Crippen MR) is 117 cm³/mol. The number of carbonyl (C=O) groups is 1. The first-order valence-corrected chi connectivity index (χ1v) is 10.7. The van der Waals surface area contributed by atoms with Gasteiger partial charge in [0, 0.05) is 29.8 Å². The van der Waals surface area contributed by atoms with Gasteiger partial charge >= 0.3 is 0 Å². The number of nitrogens with one attached hydrogen (secondary N) is 1. The van der Waals surface area contributed by atoms with Crippen molar-refractivity contribution in [3.63, 3.8) is 0 Å². The standard InChI is InChI=1S/C24H28N4O2/c1-18-7-5-15-28(17-18)16-6-14-25-23(29)20-10-12-21(13-11-20)24-26-22(27-30-24)19-8-3-2-4-9-19/h2-4,8-13,18H,5-7,14-17H2,1H3,(H,25,29)/t18-/m0/s1. The molecule has 1 fully saturated rings. The van der Waals surface area contributed by atoms with Gasteiger partial charge in [-0.3, -0.25) is 4.79 Å². The highest BCUT2D eigenvalue weighted by molar-refractivity contribution is 5.94. The van der Waals surface area contributed by atoms with Gasteiger partial charge in [-0.25, -0.2) is 0 Å². The SMILES string of the molecule is C[C@H]1CCCN(CCCNC(=O)c2ccc(-c3nc(-c4ccccc4)no3)cc2)C1. The number of benzene rings is 2. The molecular weight excluding hydrogens is 376 g/mol. The number of aromatic nitrogens is 2. The highest BCUT2D eigenvalue weighted by Gasteiger charge is 2.16. The predicted octanol–water partition coefficient (Wildman–Crippen LogP) is 4.26. The van der Waals surface area contributed by atoms with Gasteiger partial charge in [0.25, 0.3) is 11.8 Å². The summed E-state index contributed by atoms with van der Waals surface area (Å²) in [6.45, 7) is 6.41. The van der Waals surface area contributed by atoms with Crippen molar-refractivity contribution in [1.82, 2.24) is 20.4 Å². The molecule has 0 saturated carbocycles. The first-order chi connectivity index (χ1) is 14.7. The van der Waals surface area contributed by atoms with E-state index in [0.29, 0.717) is 23.8 Å². The van der Waals surface area contributed by atoms with E-state index in [9.17, 15) is 4.79 Å². The Morgan fingerprint density at radius 2 is 1.93 bits per heavy atom. The fraction of sp³-hybridized carbons (Fsp3) is 0.375. The molecule has 4 rings (SSSR count). The van der Waals surface area contributed by atoms with E-state index >= 15 is 0 Å². The van der Waals surface area contributed by atoms with Gasteiger partial charge in [0.1, 0.15) is 0 Å². The van der Waals surface area contributed by atoms with Gasteiger partial charge < -0.3 is 14.7 Å². The molecule has 3 aromatic rings. The van der Waals surface area contributed by atoms with Crippen LogP contribution in [0.1, 0.15) is 36.5 Å². The molecule has 0 radical (unpaired) electrons. The molecule has 1 amide bonds. The maximum atomic E-state index is 12.4. The van der Waals surface area contributed by atoms with E-state index in [1.54, 1.807) is 12.1 Å². The van der Waals surface area contributed by atoms with Crippen molar-refractivity contribution in [3.05, 3.63) is 60.2 Å². The largest absolute Gasteiger partial charge is 0.352 e. The summed E-state index contributed by atoms with van der Waals surface area (Å²) in [7, 11) is 0. The van der Waals surface area contributed by atoms with Gasteiger partial charge in [-0.1, -0.05) is 42.4 Å². The smallest absolute Gasteiger partial charge is 0.258 e. The van der Waals surface area contributed by atoms with Crippen molar-refractivity contribution in [2.24, 2.45) is 5.92 Å². The molecule has 1 atom stereocenters. The van der Waals surface area contributed by atoms with Crippen molar-refractivity contribution in [1.29, 1.82) is 0 Å². The second-order valence-electron chi connectivity index (χ2n) is 8.02. The third-order valence-electron chi connectivity index (χ3n) is 5.53. The lowest BCUT2D eigenvalue weighted by molar-refractivity contribution is 0.0950. The average molecular weight is 405 g/mol. The van der Waals surface area contributed by atoms with Crippen molar-refractivity contribution >= 4 is 5.91 Å². The van der Waals surface area contributed by atoms with E-state index in [2.05, 4.69) is 27.3 Å². The number of likely N-dealkylation sites (tertiary alicyclic amines) is 1. The lowest BCUT2D eigenvalue weighted by Gasteiger charge is -2.30. The van der Waals surface area contributed by atoms with E-state index in [0.717, 1.165) is 30.0 Å². The van der Waals surface area contributed by atoms with Gasteiger partial charge in [0.15, 0.2) is 0 Å². The van der Waals surface area contributed by atoms with Gasteiger partial charge in [0.2, 0.25) is 5.82 Å². The highest BCUT2D eigenvalue weighted by Crippen LogP contribution is 2.22. The monoisotopic (exact) mass is 404 g/mol. The third-order valence-corrected chi connectivity index (χ3v) is 5.53. The number of amides is 1. The summed E-state index contributed by atoms with van der Waals surface area (Å²) >= 11 is 0. The van der Waals surface area contributed by atoms with Crippen LogP contribution in [0, 0.1) is 5.92 Å². The molecule has 0 spiro atoms. The first-order valence-electron chi connectivity index (χ1n) is 10.7. The van der Waals surface area contributed by atoms with Crippen LogP contribution in [-0.4, -0.2) is 47.1 Å². The van der Waals surface area contributed by atoms with E-state index in [1.807, 2.05) is 42.5 Å². The summed E-state index contributed by atoms with van der Waals surface area (Å²) in [5.41, 5.74) is 2.33. The Morgan fingerprint density at radius 3 is 2.70 bits per heavy atom. The van der Waals surface area contributed by atoms with Gasteiger partial charge in [-0.05, 0) is 62.5 Å². The number of carbonyl (C=O) groups excluding carboxylic acids is 1. The molecule has 30 heavy (non-hydrogen) atoms.